The number of aryl methyl sites for hydroxylation is 1. The maximum Gasteiger partial charge on any atom is 0.280 e. The second kappa shape index (κ2) is 9.60. The number of halogens is 2. The summed E-state index contributed by atoms with van der Waals surface area (Å²) in [6.45, 7) is 4.59. The highest BCUT2D eigenvalue weighted by atomic mass is 19.3. The molecule has 5 nitrogen and oxygen atoms in total. The van der Waals surface area contributed by atoms with Crippen molar-refractivity contribution in [2.75, 3.05) is 13.1 Å². The van der Waals surface area contributed by atoms with Gasteiger partial charge in [-0.25, -0.2) is 13.8 Å². The molecule has 0 spiro atoms. The molecule has 1 fully saturated rings. The van der Waals surface area contributed by atoms with Crippen LogP contribution < -0.4 is 0 Å². The number of aliphatic hydroxyl groups is 1. The number of β-amino-alcohol motifs (C(OH)–C–C–N with tert-alkyl or cyclic N) is 1. The molecule has 0 aliphatic carbocycles. The molecule has 0 amide bonds. The smallest absolute Gasteiger partial charge is 0.280 e. The molecule has 1 aliphatic rings. The largest absolute Gasteiger partial charge is 0.392 e. The van der Waals surface area contributed by atoms with Gasteiger partial charge < -0.3 is 10.1 Å². The number of aliphatic hydroxyl groups excluding tert-OH is 1. The molecule has 1 aliphatic heterocycles. The van der Waals surface area contributed by atoms with Gasteiger partial charge >= 0.3 is 0 Å². The highest BCUT2D eigenvalue weighted by Crippen LogP contribution is 2.35. The van der Waals surface area contributed by atoms with Crippen LogP contribution in [0.15, 0.2) is 54.9 Å². The Labute approximate surface area is 197 Å². The van der Waals surface area contributed by atoms with Crippen LogP contribution in [0.2, 0.25) is 0 Å². The first-order valence-electron chi connectivity index (χ1n) is 11.8. The Hall–Kier alpha value is -3.16. The lowest BCUT2D eigenvalue weighted by Gasteiger charge is -2.29. The third kappa shape index (κ3) is 4.58. The molecular weight excluding hydrogens is 434 g/mol. The van der Waals surface area contributed by atoms with Crippen molar-refractivity contribution >= 4 is 11.0 Å². The van der Waals surface area contributed by atoms with Crippen molar-refractivity contribution in [3.8, 4) is 22.3 Å². The molecule has 34 heavy (non-hydrogen) atoms. The highest BCUT2D eigenvalue weighted by Gasteiger charge is 2.19. The summed E-state index contributed by atoms with van der Waals surface area (Å²) in [6.07, 6.45) is 3.08. The maximum absolute atomic E-state index is 13.3. The zero-order valence-corrected chi connectivity index (χ0v) is 19.1. The van der Waals surface area contributed by atoms with Gasteiger partial charge in [-0.2, -0.15) is 0 Å². The molecule has 1 aromatic carbocycles. The average Bonchev–Trinajstić information content (AvgIpc) is 3.22. The Morgan fingerprint density at radius 1 is 1.09 bits per heavy atom. The Morgan fingerprint density at radius 2 is 1.91 bits per heavy atom. The molecule has 1 saturated heterocycles. The minimum Gasteiger partial charge on any atom is -0.392 e. The summed E-state index contributed by atoms with van der Waals surface area (Å²) < 4.78 is 26.5. The van der Waals surface area contributed by atoms with Crippen molar-refractivity contribution in [3.05, 3.63) is 71.8 Å². The lowest BCUT2D eigenvalue weighted by atomic mass is 9.99. The number of piperidine rings is 1. The summed E-state index contributed by atoms with van der Waals surface area (Å²) in [4.78, 5) is 14.1. The molecule has 1 atom stereocenters. The first kappa shape index (κ1) is 22.6. The number of pyridine rings is 2. The van der Waals surface area contributed by atoms with Crippen LogP contribution in [0, 0.1) is 0 Å². The van der Waals surface area contributed by atoms with Crippen molar-refractivity contribution in [3.63, 3.8) is 0 Å². The van der Waals surface area contributed by atoms with Crippen molar-refractivity contribution in [2.45, 2.75) is 45.3 Å². The number of H-pyrrole nitrogens is 1. The number of rotatable bonds is 6. The van der Waals surface area contributed by atoms with Crippen LogP contribution in [0.5, 0.6) is 0 Å². The van der Waals surface area contributed by atoms with Gasteiger partial charge in [0.25, 0.3) is 6.43 Å². The zero-order chi connectivity index (χ0) is 23.7. The van der Waals surface area contributed by atoms with E-state index in [0.29, 0.717) is 5.56 Å². The van der Waals surface area contributed by atoms with E-state index in [1.165, 1.54) is 17.8 Å². The highest BCUT2D eigenvalue weighted by molar-refractivity contribution is 5.97. The predicted octanol–water partition coefficient (Wildman–Crippen LogP) is 5.75. The minimum atomic E-state index is -2.62. The number of likely N-dealkylation sites (tertiary alicyclic amines) is 1. The molecule has 0 saturated carbocycles. The Balaban J connectivity index is 1.47. The van der Waals surface area contributed by atoms with Crippen molar-refractivity contribution in [1.82, 2.24) is 19.9 Å². The monoisotopic (exact) mass is 462 g/mol. The second-order valence-corrected chi connectivity index (χ2v) is 8.95. The molecule has 3 aromatic heterocycles. The van der Waals surface area contributed by atoms with Crippen molar-refractivity contribution in [1.29, 1.82) is 0 Å². The van der Waals surface area contributed by atoms with Crippen molar-refractivity contribution < 1.29 is 13.9 Å². The van der Waals surface area contributed by atoms with E-state index < -0.39 is 6.43 Å². The van der Waals surface area contributed by atoms with Crippen LogP contribution in [-0.4, -0.2) is 44.2 Å². The van der Waals surface area contributed by atoms with Crippen LogP contribution in [-0.2, 0) is 13.0 Å². The third-order valence-corrected chi connectivity index (χ3v) is 6.55. The van der Waals surface area contributed by atoms with Crippen LogP contribution in [0.25, 0.3) is 33.3 Å². The fourth-order valence-corrected chi connectivity index (χ4v) is 4.83. The molecule has 7 heteroatoms. The average molecular weight is 463 g/mol. The van der Waals surface area contributed by atoms with Gasteiger partial charge in [0.2, 0.25) is 0 Å². The Kier molecular flexibility index (Phi) is 6.39. The van der Waals surface area contributed by atoms with E-state index in [4.69, 9.17) is 0 Å². The molecule has 0 radical (unpaired) electrons. The Bertz CT molecular complexity index is 1290. The summed E-state index contributed by atoms with van der Waals surface area (Å²) in [5.74, 6) is 0. The third-order valence-electron chi connectivity index (χ3n) is 6.55. The van der Waals surface area contributed by atoms with Gasteiger partial charge in [0, 0.05) is 47.7 Å². The molecule has 0 bridgehead atoms. The van der Waals surface area contributed by atoms with Crippen molar-refractivity contribution in [2.24, 2.45) is 0 Å². The second-order valence-electron chi connectivity index (χ2n) is 8.95. The fraction of sp³-hybridized carbons (Fsp3) is 0.333. The number of hydrogen-bond acceptors (Lipinski definition) is 4. The van der Waals surface area contributed by atoms with E-state index in [1.54, 1.807) is 6.07 Å². The lowest BCUT2D eigenvalue weighted by Crippen LogP contribution is -2.37. The maximum atomic E-state index is 13.3. The number of aromatic amines is 1. The zero-order valence-electron chi connectivity index (χ0n) is 19.1. The summed E-state index contributed by atoms with van der Waals surface area (Å²) in [5.41, 5.74) is 6.32. The van der Waals surface area contributed by atoms with Gasteiger partial charge in [0.15, 0.2) is 0 Å². The lowest BCUT2D eigenvalue weighted by molar-refractivity contribution is 0.0668. The summed E-state index contributed by atoms with van der Waals surface area (Å²) >= 11 is 0. The van der Waals surface area contributed by atoms with Gasteiger partial charge in [-0.05, 0) is 60.7 Å². The van der Waals surface area contributed by atoms with Crippen LogP contribution in [0.1, 0.15) is 43.1 Å². The predicted molar refractivity (Wildman–Crippen MR) is 130 cm³/mol. The number of hydrogen-bond donors (Lipinski definition) is 2. The number of nitrogens with one attached hydrogen (secondary N) is 1. The number of alkyl halides is 2. The fourth-order valence-electron chi connectivity index (χ4n) is 4.83. The minimum absolute atomic E-state index is 0.227. The standard InChI is InChI=1S/C27H28F2N4O/c1-2-23-25(19-9-10-30-24(13-19)26(28)29)22-12-20(14-31-27(22)32-23)18-7-5-17(6-8-18)15-33-11-3-4-21(34)16-33/h5-10,12-14,21,26,34H,2-4,11,15-16H2,1H3,(H,31,32). The van der Waals surface area contributed by atoms with E-state index in [0.717, 1.165) is 72.3 Å². The van der Waals surface area contributed by atoms with E-state index in [2.05, 4.69) is 50.2 Å². The molecule has 5 rings (SSSR count). The first-order chi connectivity index (χ1) is 16.5. The Morgan fingerprint density at radius 3 is 2.65 bits per heavy atom. The van der Waals surface area contributed by atoms with Gasteiger partial charge in [0.1, 0.15) is 11.3 Å². The van der Waals surface area contributed by atoms with E-state index in [1.807, 2.05) is 13.1 Å². The van der Waals surface area contributed by atoms with Crippen LogP contribution in [0.3, 0.4) is 0 Å². The number of benzene rings is 1. The summed E-state index contributed by atoms with van der Waals surface area (Å²) in [5, 5.41) is 10.8. The van der Waals surface area contributed by atoms with Gasteiger partial charge in [-0.3, -0.25) is 9.88 Å². The molecule has 2 N–H and O–H groups in total. The molecule has 1 unspecified atom stereocenters. The van der Waals surface area contributed by atoms with E-state index >= 15 is 0 Å². The summed E-state index contributed by atoms with van der Waals surface area (Å²) in [7, 11) is 0. The van der Waals surface area contributed by atoms with Gasteiger partial charge in [-0.1, -0.05) is 31.2 Å². The van der Waals surface area contributed by atoms with Crippen LogP contribution in [0.4, 0.5) is 8.78 Å². The molecular formula is C27H28F2N4O. The van der Waals surface area contributed by atoms with E-state index in [9.17, 15) is 13.9 Å². The number of aromatic nitrogens is 3. The number of fused-ring (bicyclic) bond motifs is 1. The first-order valence-corrected chi connectivity index (χ1v) is 11.8. The molecule has 4 heterocycles. The summed E-state index contributed by atoms with van der Waals surface area (Å²) in [6, 6.07) is 13.7. The normalized spacial score (nSPS) is 17.0. The quantitative estimate of drug-likeness (QED) is 0.383. The number of nitrogens with zero attached hydrogens (tertiary/aromatic N) is 3. The molecule has 4 aromatic rings. The molecule has 176 valence electrons. The topological polar surface area (TPSA) is 65.0 Å². The van der Waals surface area contributed by atoms with Crippen LogP contribution >= 0.6 is 0 Å². The SMILES string of the molecule is CCc1[nH]c2ncc(-c3ccc(CN4CCCC(O)C4)cc3)cc2c1-c1ccnc(C(F)F)c1. The van der Waals surface area contributed by atoms with Gasteiger partial charge in [-0.15, -0.1) is 0 Å². The van der Waals surface area contributed by atoms with Gasteiger partial charge in [0.05, 0.1) is 6.10 Å². The van der Waals surface area contributed by atoms with E-state index in [-0.39, 0.29) is 11.8 Å².